The van der Waals surface area contributed by atoms with Gasteiger partial charge in [0.25, 0.3) is 5.56 Å². The van der Waals surface area contributed by atoms with Gasteiger partial charge in [0.1, 0.15) is 17.1 Å². The van der Waals surface area contributed by atoms with Crippen molar-refractivity contribution in [3.63, 3.8) is 0 Å². The normalized spacial score (nSPS) is 11.0. The zero-order valence-electron chi connectivity index (χ0n) is 15.4. The van der Waals surface area contributed by atoms with Crippen molar-refractivity contribution in [2.24, 2.45) is 0 Å². The van der Waals surface area contributed by atoms with Crippen LogP contribution in [0.25, 0.3) is 15.9 Å². The van der Waals surface area contributed by atoms with E-state index in [2.05, 4.69) is 5.32 Å². The molecule has 4 aromatic rings. The number of anilines is 1. The highest BCUT2D eigenvalue weighted by molar-refractivity contribution is 7.17. The molecule has 4 rings (SSSR count). The number of carbonyl (C=O) groups excluding carboxylic acids is 1. The molecule has 2 aromatic heterocycles. The lowest BCUT2D eigenvalue weighted by Crippen LogP contribution is -2.40. The molecule has 2 aromatic carbocycles. The van der Waals surface area contributed by atoms with Crippen molar-refractivity contribution >= 4 is 33.1 Å². The smallest absolute Gasteiger partial charge is 0.325 e. The summed E-state index contributed by atoms with van der Waals surface area (Å²) in [6, 6.07) is 14.0. The standard InChI is InChI=1S/C21H16FN3O3S/c1-13-3-2-4-16(11-13)25-20(27)19-17(9-10-29-19)24(21(25)28)12-18(26)23-15-7-5-14(22)6-8-15/h2-11H,12H2,1H3,(H,23,26). The molecule has 2 heterocycles. The zero-order valence-corrected chi connectivity index (χ0v) is 16.2. The van der Waals surface area contributed by atoms with Gasteiger partial charge in [-0.25, -0.2) is 13.8 Å². The fraction of sp³-hybridized carbons (Fsp3) is 0.0952. The monoisotopic (exact) mass is 409 g/mol. The fourth-order valence-corrected chi connectivity index (χ4v) is 3.94. The van der Waals surface area contributed by atoms with Crippen molar-refractivity contribution in [1.82, 2.24) is 9.13 Å². The van der Waals surface area contributed by atoms with Crippen LogP contribution in [0.2, 0.25) is 0 Å². The summed E-state index contributed by atoms with van der Waals surface area (Å²) in [6.45, 7) is 1.59. The number of amides is 1. The third kappa shape index (κ3) is 3.62. The topological polar surface area (TPSA) is 73.1 Å². The van der Waals surface area contributed by atoms with Crippen LogP contribution in [0.1, 0.15) is 5.56 Å². The fourth-order valence-electron chi connectivity index (χ4n) is 3.11. The lowest BCUT2D eigenvalue weighted by molar-refractivity contribution is -0.116. The van der Waals surface area contributed by atoms with Gasteiger partial charge >= 0.3 is 5.69 Å². The van der Waals surface area contributed by atoms with E-state index in [9.17, 15) is 18.8 Å². The van der Waals surface area contributed by atoms with E-state index < -0.39 is 23.0 Å². The molecule has 0 saturated carbocycles. The summed E-state index contributed by atoms with van der Waals surface area (Å²) in [5.41, 5.74) is 1.16. The summed E-state index contributed by atoms with van der Waals surface area (Å²) in [5, 5.41) is 4.34. The molecule has 1 N–H and O–H groups in total. The highest BCUT2D eigenvalue weighted by atomic mass is 32.1. The Kier molecular flexibility index (Phi) is 4.85. The number of nitrogens with one attached hydrogen (secondary N) is 1. The Morgan fingerprint density at radius 3 is 2.59 bits per heavy atom. The molecule has 0 aliphatic carbocycles. The number of thiophene rings is 1. The van der Waals surface area contributed by atoms with Crippen LogP contribution >= 0.6 is 11.3 Å². The Hall–Kier alpha value is -3.52. The summed E-state index contributed by atoms with van der Waals surface area (Å²) in [6.07, 6.45) is 0. The van der Waals surface area contributed by atoms with Crippen molar-refractivity contribution < 1.29 is 9.18 Å². The second-order valence-corrected chi connectivity index (χ2v) is 7.45. The molecular formula is C21H16FN3O3S. The van der Waals surface area contributed by atoms with Gasteiger partial charge in [0.2, 0.25) is 5.91 Å². The first kappa shape index (κ1) is 18.8. The maximum Gasteiger partial charge on any atom is 0.336 e. The van der Waals surface area contributed by atoms with Gasteiger partial charge in [-0.3, -0.25) is 14.2 Å². The van der Waals surface area contributed by atoms with E-state index in [1.165, 1.54) is 40.2 Å². The molecule has 0 radical (unpaired) electrons. The number of hydrogen-bond donors (Lipinski definition) is 1. The second-order valence-electron chi connectivity index (χ2n) is 6.54. The van der Waals surface area contributed by atoms with E-state index >= 15 is 0 Å². The Labute approximate surface area is 168 Å². The molecule has 0 unspecified atom stereocenters. The van der Waals surface area contributed by atoms with Gasteiger partial charge in [-0.2, -0.15) is 0 Å². The molecule has 0 aliphatic rings. The lowest BCUT2D eigenvalue weighted by Gasteiger charge is -2.13. The van der Waals surface area contributed by atoms with E-state index in [-0.39, 0.29) is 6.54 Å². The molecule has 29 heavy (non-hydrogen) atoms. The first-order chi connectivity index (χ1) is 13.9. The molecule has 6 nitrogen and oxygen atoms in total. The van der Waals surface area contributed by atoms with Crippen LogP contribution in [0.15, 0.2) is 69.6 Å². The molecule has 0 fully saturated rings. The Morgan fingerprint density at radius 2 is 1.86 bits per heavy atom. The number of nitrogens with zero attached hydrogens (tertiary/aromatic N) is 2. The zero-order chi connectivity index (χ0) is 20.5. The van der Waals surface area contributed by atoms with Crippen LogP contribution in [0, 0.1) is 12.7 Å². The molecule has 0 bridgehead atoms. The Balaban J connectivity index is 1.79. The SMILES string of the molecule is Cc1cccc(-n2c(=O)c3sccc3n(CC(=O)Nc3ccc(F)cc3)c2=O)c1. The van der Waals surface area contributed by atoms with Crippen LogP contribution in [-0.4, -0.2) is 15.0 Å². The maximum absolute atomic E-state index is 13.1. The predicted octanol–water partition coefficient (Wildman–Crippen LogP) is 3.30. The summed E-state index contributed by atoms with van der Waals surface area (Å²) >= 11 is 1.22. The van der Waals surface area contributed by atoms with Gasteiger partial charge in [0.05, 0.1) is 11.2 Å². The van der Waals surface area contributed by atoms with Crippen LogP contribution in [0.4, 0.5) is 10.1 Å². The molecule has 0 atom stereocenters. The summed E-state index contributed by atoms with van der Waals surface area (Å²) < 4.78 is 15.8. The molecule has 1 amide bonds. The largest absolute Gasteiger partial charge is 0.336 e. The van der Waals surface area contributed by atoms with Crippen LogP contribution in [0.5, 0.6) is 0 Å². The minimum Gasteiger partial charge on any atom is -0.325 e. The quantitative estimate of drug-likeness (QED) is 0.562. The molecule has 146 valence electrons. The highest BCUT2D eigenvalue weighted by Crippen LogP contribution is 2.17. The first-order valence-corrected chi connectivity index (χ1v) is 9.67. The summed E-state index contributed by atoms with van der Waals surface area (Å²) in [7, 11) is 0. The van der Waals surface area contributed by atoms with Gasteiger partial charge in [-0.05, 0) is 60.3 Å². The van der Waals surface area contributed by atoms with Crippen LogP contribution in [0.3, 0.4) is 0 Å². The van der Waals surface area contributed by atoms with Gasteiger partial charge in [-0.15, -0.1) is 11.3 Å². The van der Waals surface area contributed by atoms with Crippen molar-refractivity contribution in [2.75, 3.05) is 5.32 Å². The van der Waals surface area contributed by atoms with Crippen molar-refractivity contribution in [3.8, 4) is 5.69 Å². The van der Waals surface area contributed by atoms with Crippen molar-refractivity contribution in [3.05, 3.63) is 92.2 Å². The minimum absolute atomic E-state index is 0.282. The van der Waals surface area contributed by atoms with E-state index in [4.69, 9.17) is 0 Å². The number of benzene rings is 2. The average molecular weight is 409 g/mol. The van der Waals surface area contributed by atoms with Crippen molar-refractivity contribution in [2.45, 2.75) is 13.5 Å². The molecule has 0 spiro atoms. The van der Waals surface area contributed by atoms with E-state index in [1.54, 1.807) is 29.6 Å². The van der Waals surface area contributed by atoms with Gasteiger partial charge in [-0.1, -0.05) is 12.1 Å². The van der Waals surface area contributed by atoms with Crippen LogP contribution < -0.4 is 16.6 Å². The van der Waals surface area contributed by atoms with Crippen LogP contribution in [-0.2, 0) is 11.3 Å². The molecule has 8 heteroatoms. The predicted molar refractivity (Wildman–Crippen MR) is 111 cm³/mol. The van der Waals surface area contributed by atoms with E-state index in [0.717, 1.165) is 10.1 Å². The average Bonchev–Trinajstić information content (AvgIpc) is 3.17. The highest BCUT2D eigenvalue weighted by Gasteiger charge is 2.17. The van der Waals surface area contributed by atoms with E-state index in [1.807, 2.05) is 13.0 Å². The van der Waals surface area contributed by atoms with Gasteiger partial charge in [0, 0.05) is 5.69 Å². The van der Waals surface area contributed by atoms with Gasteiger partial charge in [0.15, 0.2) is 0 Å². The number of hydrogen-bond acceptors (Lipinski definition) is 4. The second kappa shape index (κ2) is 7.48. The number of aryl methyl sites for hydroxylation is 1. The third-order valence-electron chi connectivity index (χ3n) is 4.44. The number of halogens is 1. The summed E-state index contributed by atoms with van der Waals surface area (Å²) in [5.74, 6) is -0.870. The third-order valence-corrected chi connectivity index (χ3v) is 5.34. The molecule has 0 saturated heterocycles. The maximum atomic E-state index is 13.1. The number of rotatable bonds is 4. The Morgan fingerprint density at radius 1 is 1.10 bits per heavy atom. The number of fused-ring (bicyclic) bond motifs is 1. The number of carbonyl (C=O) groups is 1. The van der Waals surface area contributed by atoms with Crippen molar-refractivity contribution in [1.29, 1.82) is 0 Å². The lowest BCUT2D eigenvalue weighted by atomic mass is 10.2. The number of aromatic nitrogens is 2. The minimum atomic E-state index is -0.597. The first-order valence-electron chi connectivity index (χ1n) is 8.79. The molecular weight excluding hydrogens is 393 g/mol. The Bertz CT molecular complexity index is 1340. The van der Waals surface area contributed by atoms with E-state index in [0.29, 0.717) is 21.6 Å². The molecule has 0 aliphatic heterocycles. The van der Waals surface area contributed by atoms with Gasteiger partial charge < -0.3 is 5.32 Å². The summed E-state index contributed by atoms with van der Waals surface area (Å²) in [4.78, 5) is 38.6.